The Bertz CT molecular complexity index is 399. The molecule has 0 saturated carbocycles. The van der Waals surface area contributed by atoms with Crippen LogP contribution in [-0.4, -0.2) is 31.6 Å². The molecule has 0 bridgehead atoms. The SMILES string of the molecule is CC(NCC(C(C)C)N(C)C)c1ccc(F)c(Br)c1. The Morgan fingerprint density at radius 3 is 2.37 bits per heavy atom. The van der Waals surface area contributed by atoms with Gasteiger partial charge in [-0.2, -0.15) is 0 Å². The molecule has 0 radical (unpaired) electrons. The lowest BCUT2D eigenvalue weighted by molar-refractivity contribution is 0.220. The highest BCUT2D eigenvalue weighted by atomic mass is 79.9. The fraction of sp³-hybridized carbons (Fsp3) is 0.600. The van der Waals surface area contributed by atoms with Crippen LogP contribution < -0.4 is 5.32 Å². The summed E-state index contributed by atoms with van der Waals surface area (Å²) in [6.07, 6.45) is 0. The first kappa shape index (κ1) is 16.6. The number of hydrogen-bond donors (Lipinski definition) is 1. The van der Waals surface area contributed by atoms with Crippen LogP contribution in [0.4, 0.5) is 4.39 Å². The predicted octanol–water partition coefficient (Wildman–Crippen LogP) is 3.83. The summed E-state index contributed by atoms with van der Waals surface area (Å²) in [5.74, 6) is 0.374. The first-order valence-corrected chi connectivity index (χ1v) is 7.47. The van der Waals surface area contributed by atoms with Crippen molar-refractivity contribution < 1.29 is 4.39 Å². The molecular formula is C15H24BrFN2. The minimum atomic E-state index is -0.218. The van der Waals surface area contributed by atoms with Gasteiger partial charge in [-0.05, 0) is 60.6 Å². The molecule has 1 aromatic rings. The van der Waals surface area contributed by atoms with Crippen LogP contribution in [-0.2, 0) is 0 Å². The maximum Gasteiger partial charge on any atom is 0.137 e. The Balaban J connectivity index is 2.63. The van der Waals surface area contributed by atoms with Crippen LogP contribution in [0.25, 0.3) is 0 Å². The van der Waals surface area contributed by atoms with E-state index in [2.05, 4.69) is 61.0 Å². The van der Waals surface area contributed by atoms with Gasteiger partial charge in [-0.3, -0.25) is 0 Å². The third-order valence-corrected chi connectivity index (χ3v) is 4.12. The van der Waals surface area contributed by atoms with Crippen LogP contribution in [0, 0.1) is 11.7 Å². The lowest BCUT2D eigenvalue weighted by Gasteiger charge is -2.29. The highest BCUT2D eigenvalue weighted by Crippen LogP contribution is 2.21. The van der Waals surface area contributed by atoms with E-state index in [1.54, 1.807) is 0 Å². The quantitative estimate of drug-likeness (QED) is 0.852. The van der Waals surface area contributed by atoms with Gasteiger partial charge in [0.15, 0.2) is 0 Å². The molecule has 0 aromatic heterocycles. The Morgan fingerprint density at radius 1 is 1.26 bits per heavy atom. The van der Waals surface area contributed by atoms with Crippen molar-refractivity contribution in [3.8, 4) is 0 Å². The van der Waals surface area contributed by atoms with Crippen molar-refractivity contribution in [3.63, 3.8) is 0 Å². The van der Waals surface area contributed by atoms with Crippen molar-refractivity contribution in [3.05, 3.63) is 34.1 Å². The molecule has 0 heterocycles. The molecule has 0 aliphatic heterocycles. The standard InChI is InChI=1S/C15H24BrFN2/c1-10(2)15(19(4)5)9-18-11(3)12-6-7-14(17)13(16)8-12/h6-8,10-11,15,18H,9H2,1-5H3. The zero-order valence-corrected chi connectivity index (χ0v) is 14.0. The summed E-state index contributed by atoms with van der Waals surface area (Å²) in [7, 11) is 4.21. The first-order valence-electron chi connectivity index (χ1n) is 6.67. The molecule has 2 atom stereocenters. The zero-order valence-electron chi connectivity index (χ0n) is 12.4. The van der Waals surface area contributed by atoms with Gasteiger partial charge >= 0.3 is 0 Å². The van der Waals surface area contributed by atoms with E-state index >= 15 is 0 Å². The molecule has 0 aliphatic carbocycles. The molecule has 0 spiro atoms. The maximum absolute atomic E-state index is 13.2. The maximum atomic E-state index is 13.2. The molecule has 1 aromatic carbocycles. The third-order valence-electron chi connectivity index (χ3n) is 3.51. The summed E-state index contributed by atoms with van der Waals surface area (Å²) in [6.45, 7) is 7.48. The van der Waals surface area contributed by atoms with Crippen molar-refractivity contribution in [1.82, 2.24) is 10.2 Å². The van der Waals surface area contributed by atoms with Gasteiger partial charge in [0.2, 0.25) is 0 Å². The average Bonchev–Trinajstić information content (AvgIpc) is 2.31. The molecule has 2 nitrogen and oxygen atoms in total. The van der Waals surface area contributed by atoms with Crippen molar-refractivity contribution in [1.29, 1.82) is 0 Å². The van der Waals surface area contributed by atoms with Gasteiger partial charge in [0.05, 0.1) is 4.47 Å². The summed E-state index contributed by atoms with van der Waals surface area (Å²) < 4.78 is 13.7. The van der Waals surface area contributed by atoms with Gasteiger partial charge in [0.1, 0.15) is 5.82 Å². The molecule has 4 heteroatoms. The second-order valence-electron chi connectivity index (χ2n) is 5.58. The normalized spacial score (nSPS) is 15.0. The minimum absolute atomic E-state index is 0.207. The van der Waals surface area contributed by atoms with Crippen LogP contribution in [0.3, 0.4) is 0 Å². The Kier molecular flexibility index (Phi) is 6.43. The van der Waals surface area contributed by atoms with E-state index < -0.39 is 0 Å². The van der Waals surface area contributed by atoms with Gasteiger partial charge < -0.3 is 10.2 Å². The van der Waals surface area contributed by atoms with E-state index in [1.165, 1.54) is 6.07 Å². The second kappa shape index (κ2) is 7.36. The van der Waals surface area contributed by atoms with E-state index in [0.717, 1.165) is 12.1 Å². The smallest absolute Gasteiger partial charge is 0.137 e. The van der Waals surface area contributed by atoms with Crippen LogP contribution >= 0.6 is 15.9 Å². The Labute approximate surface area is 124 Å². The van der Waals surface area contributed by atoms with Gasteiger partial charge in [-0.1, -0.05) is 19.9 Å². The van der Waals surface area contributed by atoms with Crippen molar-refractivity contribution in [2.45, 2.75) is 32.9 Å². The van der Waals surface area contributed by atoms with E-state index in [-0.39, 0.29) is 11.9 Å². The summed E-state index contributed by atoms with van der Waals surface area (Å²) in [5.41, 5.74) is 1.09. The fourth-order valence-electron chi connectivity index (χ4n) is 2.21. The average molecular weight is 331 g/mol. The Morgan fingerprint density at radius 2 is 1.89 bits per heavy atom. The van der Waals surface area contributed by atoms with Crippen LogP contribution in [0.5, 0.6) is 0 Å². The zero-order chi connectivity index (χ0) is 14.6. The van der Waals surface area contributed by atoms with Crippen LogP contribution in [0.1, 0.15) is 32.4 Å². The largest absolute Gasteiger partial charge is 0.309 e. The molecule has 0 fully saturated rings. The van der Waals surface area contributed by atoms with Crippen molar-refractivity contribution in [2.24, 2.45) is 5.92 Å². The molecule has 1 N–H and O–H groups in total. The fourth-order valence-corrected chi connectivity index (χ4v) is 2.61. The van der Waals surface area contributed by atoms with Crippen LogP contribution in [0.15, 0.2) is 22.7 Å². The number of hydrogen-bond acceptors (Lipinski definition) is 2. The van der Waals surface area contributed by atoms with Gasteiger partial charge in [0.25, 0.3) is 0 Å². The lowest BCUT2D eigenvalue weighted by atomic mass is 10.0. The third kappa shape index (κ3) is 4.86. The summed E-state index contributed by atoms with van der Waals surface area (Å²) in [5, 5.41) is 3.52. The molecule has 0 saturated heterocycles. The van der Waals surface area contributed by atoms with Crippen LogP contribution in [0.2, 0.25) is 0 Å². The molecular weight excluding hydrogens is 307 g/mol. The summed E-state index contributed by atoms with van der Waals surface area (Å²) in [6, 6.07) is 5.87. The lowest BCUT2D eigenvalue weighted by Crippen LogP contribution is -2.42. The summed E-state index contributed by atoms with van der Waals surface area (Å²) >= 11 is 3.23. The van der Waals surface area contributed by atoms with Crippen molar-refractivity contribution in [2.75, 3.05) is 20.6 Å². The number of rotatable bonds is 6. The van der Waals surface area contributed by atoms with E-state index in [1.807, 2.05) is 12.1 Å². The summed E-state index contributed by atoms with van der Waals surface area (Å²) in [4.78, 5) is 2.24. The van der Waals surface area contributed by atoms with Gasteiger partial charge in [0, 0.05) is 18.6 Å². The van der Waals surface area contributed by atoms with E-state index in [4.69, 9.17) is 0 Å². The molecule has 2 unspecified atom stereocenters. The highest BCUT2D eigenvalue weighted by molar-refractivity contribution is 9.10. The first-order chi connectivity index (χ1) is 8.82. The predicted molar refractivity (Wildman–Crippen MR) is 82.8 cm³/mol. The number of benzene rings is 1. The van der Waals surface area contributed by atoms with Gasteiger partial charge in [-0.25, -0.2) is 4.39 Å². The number of likely N-dealkylation sites (N-methyl/N-ethyl adjacent to an activating group) is 1. The monoisotopic (exact) mass is 330 g/mol. The molecule has 108 valence electrons. The van der Waals surface area contributed by atoms with Gasteiger partial charge in [-0.15, -0.1) is 0 Å². The highest BCUT2D eigenvalue weighted by Gasteiger charge is 2.17. The second-order valence-corrected chi connectivity index (χ2v) is 6.43. The van der Waals surface area contributed by atoms with E-state index in [0.29, 0.717) is 16.4 Å². The van der Waals surface area contributed by atoms with Crippen molar-refractivity contribution >= 4 is 15.9 Å². The minimum Gasteiger partial charge on any atom is -0.309 e. The number of nitrogens with one attached hydrogen (secondary N) is 1. The van der Waals surface area contributed by atoms with E-state index in [9.17, 15) is 4.39 Å². The number of nitrogens with zero attached hydrogens (tertiary/aromatic N) is 1. The Hall–Kier alpha value is -0.450. The molecule has 0 aliphatic rings. The number of halogens is 2. The molecule has 19 heavy (non-hydrogen) atoms. The topological polar surface area (TPSA) is 15.3 Å². The molecule has 1 rings (SSSR count). The molecule has 0 amide bonds.